The van der Waals surface area contributed by atoms with E-state index in [0.717, 1.165) is 31.0 Å². The second kappa shape index (κ2) is 7.15. The van der Waals surface area contributed by atoms with E-state index in [4.69, 9.17) is 5.26 Å². The molecule has 2 heterocycles. The Morgan fingerprint density at radius 1 is 1.50 bits per heavy atom. The first-order chi connectivity index (χ1) is 9.70. The molecule has 0 spiro atoms. The maximum atomic E-state index is 12.3. The van der Waals surface area contributed by atoms with Gasteiger partial charge in [0, 0.05) is 32.1 Å². The molecule has 1 aromatic rings. The van der Waals surface area contributed by atoms with E-state index in [1.807, 2.05) is 34.7 Å². The number of nitrogens with zero attached hydrogens (tertiary/aromatic N) is 4. The molecule has 0 N–H and O–H groups in total. The summed E-state index contributed by atoms with van der Waals surface area (Å²) in [5, 5.41) is 8.74. The molecule has 5 nitrogen and oxygen atoms in total. The SMILES string of the molecule is CN(CC(=O)N1CCCSCC1)c1ccc(C#N)cn1. The molecule has 0 unspecified atom stereocenters. The Morgan fingerprint density at radius 2 is 2.35 bits per heavy atom. The van der Waals surface area contributed by atoms with E-state index in [1.54, 1.807) is 12.1 Å². The number of hydrogen-bond acceptors (Lipinski definition) is 5. The summed E-state index contributed by atoms with van der Waals surface area (Å²) in [6.45, 7) is 2.00. The molecular formula is C14H18N4OS. The molecule has 1 saturated heterocycles. The standard InChI is InChI=1S/C14H18N4OS/c1-17(13-4-3-12(9-15)10-16-13)11-14(19)18-5-2-7-20-8-6-18/h3-4,10H,2,5-8,11H2,1H3. The van der Waals surface area contributed by atoms with Crippen LogP contribution in [0.5, 0.6) is 0 Å². The predicted molar refractivity (Wildman–Crippen MR) is 80.7 cm³/mol. The number of rotatable bonds is 3. The van der Waals surface area contributed by atoms with Crippen LogP contribution in [0.25, 0.3) is 0 Å². The molecule has 0 aromatic carbocycles. The van der Waals surface area contributed by atoms with Crippen LogP contribution in [0.1, 0.15) is 12.0 Å². The van der Waals surface area contributed by atoms with Gasteiger partial charge in [-0.2, -0.15) is 17.0 Å². The highest BCUT2D eigenvalue weighted by atomic mass is 32.2. The summed E-state index contributed by atoms with van der Waals surface area (Å²) in [7, 11) is 1.85. The van der Waals surface area contributed by atoms with Crippen molar-refractivity contribution in [3.8, 4) is 6.07 Å². The zero-order valence-electron chi connectivity index (χ0n) is 11.6. The molecule has 0 bridgehead atoms. The van der Waals surface area contributed by atoms with Crippen LogP contribution in [0.15, 0.2) is 18.3 Å². The van der Waals surface area contributed by atoms with Crippen LogP contribution in [-0.4, -0.2) is 54.0 Å². The molecule has 1 aliphatic heterocycles. The van der Waals surface area contributed by atoms with E-state index in [1.165, 1.54) is 6.20 Å². The van der Waals surface area contributed by atoms with Gasteiger partial charge in [-0.05, 0) is 24.3 Å². The van der Waals surface area contributed by atoms with Crippen LogP contribution in [-0.2, 0) is 4.79 Å². The van der Waals surface area contributed by atoms with Gasteiger partial charge in [0.05, 0.1) is 12.1 Å². The number of nitriles is 1. The highest BCUT2D eigenvalue weighted by Crippen LogP contribution is 2.12. The van der Waals surface area contributed by atoms with Crippen molar-refractivity contribution < 1.29 is 4.79 Å². The molecule has 20 heavy (non-hydrogen) atoms. The molecule has 1 fully saturated rings. The predicted octanol–water partition coefficient (Wildman–Crippen LogP) is 1.35. The van der Waals surface area contributed by atoms with Crippen LogP contribution in [0.4, 0.5) is 5.82 Å². The van der Waals surface area contributed by atoms with Gasteiger partial charge in [-0.15, -0.1) is 0 Å². The van der Waals surface area contributed by atoms with Crippen LogP contribution in [0.2, 0.25) is 0 Å². The van der Waals surface area contributed by atoms with Gasteiger partial charge in [-0.25, -0.2) is 4.98 Å². The summed E-state index contributed by atoms with van der Waals surface area (Å²) in [6, 6.07) is 5.52. The van der Waals surface area contributed by atoms with Crippen molar-refractivity contribution in [1.29, 1.82) is 5.26 Å². The van der Waals surface area contributed by atoms with Gasteiger partial charge >= 0.3 is 0 Å². The average molecular weight is 290 g/mol. The lowest BCUT2D eigenvalue weighted by molar-refractivity contribution is -0.129. The van der Waals surface area contributed by atoms with Gasteiger partial charge in [0.15, 0.2) is 0 Å². The molecule has 1 amide bonds. The molecule has 0 saturated carbocycles. The highest BCUT2D eigenvalue weighted by molar-refractivity contribution is 7.99. The maximum Gasteiger partial charge on any atom is 0.242 e. The normalized spacial score (nSPS) is 15.3. The Balaban J connectivity index is 1.93. The number of aromatic nitrogens is 1. The van der Waals surface area contributed by atoms with Crippen LogP contribution < -0.4 is 4.90 Å². The number of pyridine rings is 1. The minimum atomic E-state index is 0.140. The lowest BCUT2D eigenvalue weighted by atomic mass is 10.3. The summed E-state index contributed by atoms with van der Waals surface area (Å²) in [4.78, 5) is 20.2. The van der Waals surface area contributed by atoms with Crippen molar-refractivity contribution in [2.45, 2.75) is 6.42 Å². The third kappa shape index (κ3) is 3.87. The van der Waals surface area contributed by atoms with Crippen molar-refractivity contribution in [2.75, 3.05) is 43.1 Å². The molecule has 6 heteroatoms. The minimum absolute atomic E-state index is 0.140. The molecule has 0 atom stereocenters. The smallest absolute Gasteiger partial charge is 0.242 e. The molecular weight excluding hydrogens is 272 g/mol. The summed E-state index contributed by atoms with van der Waals surface area (Å²) in [6.07, 6.45) is 2.59. The number of anilines is 1. The Kier molecular flexibility index (Phi) is 5.24. The second-order valence-electron chi connectivity index (χ2n) is 4.72. The Bertz CT molecular complexity index is 489. The number of thioether (sulfide) groups is 1. The van der Waals surface area contributed by atoms with Gasteiger partial charge in [0.25, 0.3) is 0 Å². The van der Waals surface area contributed by atoms with Gasteiger partial charge in [-0.1, -0.05) is 0 Å². The molecule has 1 aromatic heterocycles. The third-order valence-electron chi connectivity index (χ3n) is 3.22. The van der Waals surface area contributed by atoms with Crippen LogP contribution in [0.3, 0.4) is 0 Å². The first-order valence-electron chi connectivity index (χ1n) is 6.63. The van der Waals surface area contributed by atoms with Gasteiger partial charge < -0.3 is 9.80 Å². The second-order valence-corrected chi connectivity index (χ2v) is 5.94. The number of carbonyl (C=O) groups excluding carboxylic acids is 1. The van der Waals surface area contributed by atoms with Gasteiger partial charge in [0.1, 0.15) is 11.9 Å². The average Bonchev–Trinajstić information content (AvgIpc) is 2.76. The monoisotopic (exact) mass is 290 g/mol. The fourth-order valence-corrected chi connectivity index (χ4v) is 2.94. The molecule has 106 valence electrons. The third-order valence-corrected chi connectivity index (χ3v) is 4.26. The molecule has 2 rings (SSSR count). The van der Waals surface area contributed by atoms with Crippen LogP contribution in [0, 0.1) is 11.3 Å². The van der Waals surface area contributed by atoms with Gasteiger partial charge in [-0.3, -0.25) is 4.79 Å². The van der Waals surface area contributed by atoms with E-state index in [2.05, 4.69) is 4.98 Å². The first kappa shape index (κ1) is 14.7. The number of amides is 1. The van der Waals surface area contributed by atoms with E-state index in [-0.39, 0.29) is 5.91 Å². The Labute approximate surface area is 123 Å². The fourth-order valence-electron chi connectivity index (χ4n) is 2.06. The van der Waals surface area contributed by atoms with Crippen molar-refractivity contribution >= 4 is 23.5 Å². The summed E-state index contributed by atoms with van der Waals surface area (Å²) < 4.78 is 0. The van der Waals surface area contributed by atoms with Crippen LogP contribution >= 0.6 is 11.8 Å². The topological polar surface area (TPSA) is 60.2 Å². The number of carbonyl (C=O) groups is 1. The lowest BCUT2D eigenvalue weighted by Crippen LogP contribution is -2.40. The zero-order chi connectivity index (χ0) is 14.4. The van der Waals surface area contributed by atoms with Crippen molar-refractivity contribution in [2.24, 2.45) is 0 Å². The largest absolute Gasteiger partial charge is 0.350 e. The van der Waals surface area contributed by atoms with E-state index in [9.17, 15) is 4.79 Å². The van der Waals surface area contributed by atoms with Crippen molar-refractivity contribution in [3.05, 3.63) is 23.9 Å². The summed E-state index contributed by atoms with van der Waals surface area (Å²) >= 11 is 1.91. The maximum absolute atomic E-state index is 12.3. The lowest BCUT2D eigenvalue weighted by Gasteiger charge is -2.24. The Morgan fingerprint density at radius 3 is 3.05 bits per heavy atom. The highest BCUT2D eigenvalue weighted by Gasteiger charge is 2.17. The number of likely N-dealkylation sites (N-methyl/N-ethyl adjacent to an activating group) is 1. The summed E-state index contributed by atoms with van der Waals surface area (Å²) in [5.41, 5.74) is 0.526. The zero-order valence-corrected chi connectivity index (χ0v) is 12.4. The minimum Gasteiger partial charge on any atom is -0.350 e. The Hall–Kier alpha value is -1.74. The molecule has 0 radical (unpaired) electrons. The first-order valence-corrected chi connectivity index (χ1v) is 7.79. The fraction of sp³-hybridized carbons (Fsp3) is 0.500. The quantitative estimate of drug-likeness (QED) is 0.841. The summed E-state index contributed by atoms with van der Waals surface area (Å²) in [5.74, 6) is 3.00. The van der Waals surface area contributed by atoms with Gasteiger partial charge in [0.2, 0.25) is 5.91 Å². The number of hydrogen-bond donors (Lipinski definition) is 0. The van der Waals surface area contributed by atoms with Crippen molar-refractivity contribution in [1.82, 2.24) is 9.88 Å². The van der Waals surface area contributed by atoms with E-state index >= 15 is 0 Å². The van der Waals surface area contributed by atoms with E-state index in [0.29, 0.717) is 17.9 Å². The van der Waals surface area contributed by atoms with Crippen molar-refractivity contribution in [3.63, 3.8) is 0 Å². The van der Waals surface area contributed by atoms with E-state index < -0.39 is 0 Å². The molecule has 0 aliphatic carbocycles. The molecule has 1 aliphatic rings.